The summed E-state index contributed by atoms with van der Waals surface area (Å²) in [6.07, 6.45) is 3.99. The summed E-state index contributed by atoms with van der Waals surface area (Å²) in [5.41, 5.74) is 8.34. The van der Waals surface area contributed by atoms with E-state index in [1.807, 2.05) is 30.5 Å². The van der Waals surface area contributed by atoms with Crippen molar-refractivity contribution in [1.29, 1.82) is 0 Å². The second-order valence-corrected chi connectivity index (χ2v) is 4.68. The molecule has 1 unspecified atom stereocenters. The van der Waals surface area contributed by atoms with E-state index < -0.39 is 0 Å². The molecule has 1 atom stereocenters. The molecule has 4 heteroatoms. The zero-order chi connectivity index (χ0) is 12.5. The Kier molecular flexibility index (Phi) is 2.80. The van der Waals surface area contributed by atoms with Crippen LogP contribution in [0.5, 0.6) is 5.75 Å². The maximum absolute atomic E-state index is 6.05. The molecule has 94 valence electrons. The Balaban J connectivity index is 2.10. The van der Waals surface area contributed by atoms with Gasteiger partial charge >= 0.3 is 0 Å². The number of hydrogen-bond acceptors (Lipinski definition) is 3. The molecule has 3 rings (SSSR count). The second-order valence-electron chi connectivity index (χ2n) is 4.68. The number of aromatic nitrogens is 2. The van der Waals surface area contributed by atoms with Crippen LogP contribution in [0.4, 0.5) is 0 Å². The van der Waals surface area contributed by atoms with Gasteiger partial charge in [-0.1, -0.05) is 12.1 Å². The zero-order valence-corrected chi connectivity index (χ0v) is 10.5. The predicted octanol–water partition coefficient (Wildman–Crippen LogP) is 1.83. The molecular weight excluding hydrogens is 226 g/mol. The van der Waals surface area contributed by atoms with Gasteiger partial charge in [-0.05, 0) is 25.0 Å². The SMILES string of the molecule is COc1ccccc1-c1ncc2n1CC(N)CC2. The van der Waals surface area contributed by atoms with E-state index in [9.17, 15) is 0 Å². The minimum absolute atomic E-state index is 0.222. The van der Waals surface area contributed by atoms with Crippen LogP contribution in [0.2, 0.25) is 0 Å². The highest BCUT2D eigenvalue weighted by Crippen LogP contribution is 2.30. The minimum Gasteiger partial charge on any atom is -0.496 e. The number of para-hydroxylation sites is 1. The highest BCUT2D eigenvalue weighted by atomic mass is 16.5. The number of hydrogen-bond donors (Lipinski definition) is 1. The van der Waals surface area contributed by atoms with Gasteiger partial charge in [0.2, 0.25) is 0 Å². The van der Waals surface area contributed by atoms with Crippen LogP contribution in [0.15, 0.2) is 30.5 Å². The lowest BCUT2D eigenvalue weighted by molar-refractivity contribution is 0.414. The smallest absolute Gasteiger partial charge is 0.143 e. The number of fused-ring (bicyclic) bond motifs is 1. The lowest BCUT2D eigenvalue weighted by Crippen LogP contribution is -2.32. The van der Waals surface area contributed by atoms with Crippen molar-refractivity contribution in [2.75, 3.05) is 7.11 Å². The summed E-state index contributed by atoms with van der Waals surface area (Å²) in [6.45, 7) is 0.836. The molecule has 1 aliphatic heterocycles. The molecule has 0 bridgehead atoms. The number of imidazole rings is 1. The summed E-state index contributed by atoms with van der Waals surface area (Å²) in [4.78, 5) is 4.54. The Labute approximate surface area is 106 Å². The molecular formula is C14H17N3O. The summed E-state index contributed by atoms with van der Waals surface area (Å²) in [5.74, 6) is 1.81. The van der Waals surface area contributed by atoms with Gasteiger partial charge in [0.25, 0.3) is 0 Å². The van der Waals surface area contributed by atoms with Gasteiger partial charge in [0, 0.05) is 24.5 Å². The van der Waals surface area contributed by atoms with Crippen LogP contribution in [0.25, 0.3) is 11.4 Å². The number of rotatable bonds is 2. The van der Waals surface area contributed by atoms with E-state index in [-0.39, 0.29) is 6.04 Å². The number of aryl methyl sites for hydroxylation is 1. The van der Waals surface area contributed by atoms with Crippen molar-refractivity contribution in [1.82, 2.24) is 9.55 Å². The molecule has 0 aliphatic carbocycles. The van der Waals surface area contributed by atoms with Crippen molar-refractivity contribution in [3.8, 4) is 17.1 Å². The van der Waals surface area contributed by atoms with Crippen LogP contribution < -0.4 is 10.5 Å². The Bertz CT molecular complexity index is 562. The van der Waals surface area contributed by atoms with E-state index >= 15 is 0 Å². The molecule has 0 spiro atoms. The van der Waals surface area contributed by atoms with E-state index in [2.05, 4.69) is 9.55 Å². The first kappa shape index (κ1) is 11.3. The first-order valence-corrected chi connectivity index (χ1v) is 6.23. The third-order valence-electron chi connectivity index (χ3n) is 3.47. The molecule has 18 heavy (non-hydrogen) atoms. The molecule has 2 N–H and O–H groups in total. The molecule has 1 aliphatic rings. The molecule has 0 saturated heterocycles. The van der Waals surface area contributed by atoms with Crippen molar-refractivity contribution in [2.24, 2.45) is 5.73 Å². The van der Waals surface area contributed by atoms with Gasteiger partial charge in [-0.15, -0.1) is 0 Å². The fourth-order valence-corrected chi connectivity index (χ4v) is 2.52. The summed E-state index contributed by atoms with van der Waals surface area (Å²) in [7, 11) is 1.69. The maximum Gasteiger partial charge on any atom is 0.143 e. The van der Waals surface area contributed by atoms with Crippen LogP contribution in [0.3, 0.4) is 0 Å². The number of benzene rings is 1. The van der Waals surface area contributed by atoms with E-state index in [0.29, 0.717) is 0 Å². The molecule has 0 amide bonds. The van der Waals surface area contributed by atoms with Crippen molar-refractivity contribution in [2.45, 2.75) is 25.4 Å². The Morgan fingerprint density at radius 3 is 3.06 bits per heavy atom. The predicted molar refractivity (Wildman–Crippen MR) is 70.5 cm³/mol. The lowest BCUT2D eigenvalue weighted by atomic mass is 10.1. The Morgan fingerprint density at radius 1 is 1.39 bits per heavy atom. The lowest BCUT2D eigenvalue weighted by Gasteiger charge is -2.22. The van der Waals surface area contributed by atoms with Gasteiger partial charge in [0.15, 0.2) is 0 Å². The van der Waals surface area contributed by atoms with E-state index in [1.54, 1.807) is 7.11 Å². The number of ether oxygens (including phenoxy) is 1. The van der Waals surface area contributed by atoms with Gasteiger partial charge < -0.3 is 15.0 Å². The van der Waals surface area contributed by atoms with Crippen molar-refractivity contribution in [3.63, 3.8) is 0 Å². The number of methoxy groups -OCH3 is 1. The highest BCUT2D eigenvalue weighted by molar-refractivity contribution is 5.65. The minimum atomic E-state index is 0.222. The van der Waals surface area contributed by atoms with Crippen molar-refractivity contribution < 1.29 is 4.74 Å². The molecule has 0 fully saturated rings. The Morgan fingerprint density at radius 2 is 2.22 bits per heavy atom. The standard InChI is InChI=1S/C14H17N3O/c1-18-13-5-3-2-4-12(13)14-16-8-11-7-6-10(15)9-17(11)14/h2-5,8,10H,6-7,9,15H2,1H3. The van der Waals surface area contributed by atoms with Crippen LogP contribution in [0, 0.1) is 0 Å². The third kappa shape index (κ3) is 1.78. The molecule has 0 radical (unpaired) electrons. The molecule has 4 nitrogen and oxygen atoms in total. The third-order valence-corrected chi connectivity index (χ3v) is 3.47. The van der Waals surface area contributed by atoms with Crippen molar-refractivity contribution in [3.05, 3.63) is 36.2 Å². The first-order valence-electron chi connectivity index (χ1n) is 6.23. The molecule has 2 aromatic rings. The van der Waals surface area contributed by atoms with E-state index in [0.717, 1.165) is 36.5 Å². The highest BCUT2D eigenvalue weighted by Gasteiger charge is 2.20. The first-order chi connectivity index (χ1) is 8.79. The fraction of sp³-hybridized carbons (Fsp3) is 0.357. The fourth-order valence-electron chi connectivity index (χ4n) is 2.52. The van der Waals surface area contributed by atoms with Gasteiger partial charge in [-0.2, -0.15) is 0 Å². The van der Waals surface area contributed by atoms with Gasteiger partial charge in [-0.25, -0.2) is 4.98 Å². The van der Waals surface area contributed by atoms with E-state index in [1.165, 1.54) is 5.69 Å². The topological polar surface area (TPSA) is 53.1 Å². The average molecular weight is 243 g/mol. The van der Waals surface area contributed by atoms with Crippen LogP contribution in [-0.2, 0) is 13.0 Å². The average Bonchev–Trinajstić information content (AvgIpc) is 2.81. The molecule has 2 heterocycles. The maximum atomic E-state index is 6.05. The molecule has 1 aromatic heterocycles. The zero-order valence-electron chi connectivity index (χ0n) is 10.5. The second kappa shape index (κ2) is 4.46. The van der Waals surface area contributed by atoms with Gasteiger partial charge in [0.1, 0.15) is 11.6 Å². The molecule has 0 saturated carbocycles. The number of nitrogens with zero attached hydrogens (tertiary/aromatic N) is 2. The van der Waals surface area contributed by atoms with Gasteiger partial charge in [0.05, 0.1) is 12.7 Å². The number of nitrogens with two attached hydrogens (primary N) is 1. The largest absolute Gasteiger partial charge is 0.496 e. The summed E-state index contributed by atoms with van der Waals surface area (Å²) >= 11 is 0. The van der Waals surface area contributed by atoms with Gasteiger partial charge in [-0.3, -0.25) is 0 Å². The molecule has 1 aromatic carbocycles. The van der Waals surface area contributed by atoms with Crippen LogP contribution >= 0.6 is 0 Å². The van der Waals surface area contributed by atoms with Crippen LogP contribution in [-0.4, -0.2) is 22.7 Å². The Hall–Kier alpha value is -1.81. The quantitative estimate of drug-likeness (QED) is 0.875. The summed E-state index contributed by atoms with van der Waals surface area (Å²) in [5, 5.41) is 0. The monoisotopic (exact) mass is 243 g/mol. The van der Waals surface area contributed by atoms with Crippen molar-refractivity contribution >= 4 is 0 Å². The van der Waals surface area contributed by atoms with Crippen LogP contribution in [0.1, 0.15) is 12.1 Å². The normalized spacial score (nSPS) is 18.4. The van der Waals surface area contributed by atoms with E-state index in [4.69, 9.17) is 10.5 Å². The summed E-state index contributed by atoms with van der Waals surface area (Å²) < 4.78 is 7.62. The summed E-state index contributed by atoms with van der Waals surface area (Å²) in [6, 6.07) is 8.19.